The summed E-state index contributed by atoms with van der Waals surface area (Å²) in [6.45, 7) is 10.2. The largest absolute Gasteiger partial charge is 0.519 e. The van der Waals surface area contributed by atoms with Gasteiger partial charge in [0.15, 0.2) is 0 Å². The molecule has 0 aliphatic rings. The number of esters is 2. The second kappa shape index (κ2) is 7.93. The van der Waals surface area contributed by atoms with Crippen molar-refractivity contribution in [2.75, 3.05) is 13.2 Å². The van der Waals surface area contributed by atoms with Crippen LogP contribution in [-0.2, 0) is 19.1 Å². The molecule has 1 N–H and O–H groups in total. The second-order valence-electron chi connectivity index (χ2n) is 2.65. The van der Waals surface area contributed by atoms with Gasteiger partial charge in [0.2, 0.25) is 0 Å². The quantitative estimate of drug-likeness (QED) is 0.258. The molecule has 0 spiro atoms. The highest BCUT2D eigenvalue weighted by atomic mass is 16.5. The van der Waals surface area contributed by atoms with Crippen LogP contribution in [-0.4, -0.2) is 30.3 Å². The van der Waals surface area contributed by atoms with Gasteiger partial charge in [-0.3, -0.25) is 4.79 Å². The van der Waals surface area contributed by atoms with Crippen LogP contribution in [0.4, 0.5) is 0 Å². The molecule has 0 saturated heterocycles. The highest BCUT2D eigenvalue weighted by molar-refractivity contribution is 5.92. The SMILES string of the molecule is [C-]#[N+]/C(C(=O)OCC)=C(O)\C=C\C(=O)OCC. The van der Waals surface area contributed by atoms with Crippen molar-refractivity contribution < 1.29 is 24.2 Å². The fourth-order valence-electron chi connectivity index (χ4n) is 0.823. The third kappa shape index (κ3) is 5.37. The molecule has 0 amide bonds. The second-order valence-corrected chi connectivity index (χ2v) is 2.65. The zero-order valence-corrected chi connectivity index (χ0v) is 9.60. The number of ether oxygens (including phenoxy) is 2. The lowest BCUT2D eigenvalue weighted by Gasteiger charge is -2.00. The Balaban J connectivity index is 4.83. The molecular formula is C11H13NO5. The van der Waals surface area contributed by atoms with E-state index in [-0.39, 0.29) is 13.2 Å². The average Bonchev–Trinajstić information content (AvgIpc) is 2.28. The van der Waals surface area contributed by atoms with E-state index < -0.39 is 23.4 Å². The molecule has 6 nitrogen and oxygen atoms in total. The molecule has 0 saturated carbocycles. The molecule has 0 aliphatic carbocycles. The van der Waals surface area contributed by atoms with Crippen molar-refractivity contribution in [2.45, 2.75) is 13.8 Å². The molecule has 0 atom stereocenters. The molecule has 6 heteroatoms. The van der Waals surface area contributed by atoms with Crippen LogP contribution in [0.15, 0.2) is 23.6 Å². The number of hydrogen-bond donors (Lipinski definition) is 1. The summed E-state index contributed by atoms with van der Waals surface area (Å²) < 4.78 is 9.11. The van der Waals surface area contributed by atoms with Crippen LogP contribution in [0.5, 0.6) is 0 Å². The lowest BCUT2D eigenvalue weighted by Crippen LogP contribution is -2.07. The van der Waals surface area contributed by atoms with E-state index in [1.165, 1.54) is 0 Å². The average molecular weight is 239 g/mol. The van der Waals surface area contributed by atoms with Crippen LogP contribution in [0.1, 0.15) is 13.8 Å². The summed E-state index contributed by atoms with van der Waals surface area (Å²) in [7, 11) is 0. The zero-order valence-electron chi connectivity index (χ0n) is 9.60. The Labute approximate surface area is 99.0 Å². The first kappa shape index (κ1) is 14.7. The van der Waals surface area contributed by atoms with E-state index in [0.29, 0.717) is 0 Å². The Bertz CT molecular complexity index is 389. The molecule has 0 aromatic carbocycles. The molecule has 0 rings (SSSR count). The van der Waals surface area contributed by atoms with Crippen LogP contribution in [0, 0.1) is 6.57 Å². The van der Waals surface area contributed by atoms with Crippen molar-refractivity contribution in [3.8, 4) is 0 Å². The van der Waals surface area contributed by atoms with Crippen LogP contribution in [0.2, 0.25) is 0 Å². The summed E-state index contributed by atoms with van der Waals surface area (Å²) in [6.07, 6.45) is 1.84. The molecule has 0 unspecified atom stereocenters. The predicted octanol–water partition coefficient (Wildman–Crippen LogP) is 1.36. The number of aliphatic hydroxyl groups excluding tert-OH is 1. The molecule has 0 aliphatic heterocycles. The van der Waals surface area contributed by atoms with Gasteiger partial charge in [0.1, 0.15) is 5.76 Å². The van der Waals surface area contributed by atoms with Crippen LogP contribution in [0.3, 0.4) is 0 Å². The van der Waals surface area contributed by atoms with E-state index in [9.17, 15) is 14.7 Å². The Morgan fingerprint density at radius 2 is 1.82 bits per heavy atom. The molecular weight excluding hydrogens is 226 g/mol. The summed E-state index contributed by atoms with van der Waals surface area (Å²) in [5.74, 6) is -2.24. The minimum atomic E-state index is -0.937. The molecule has 17 heavy (non-hydrogen) atoms. The minimum absolute atomic E-state index is 0.0900. The van der Waals surface area contributed by atoms with E-state index in [1.807, 2.05) is 0 Å². The lowest BCUT2D eigenvalue weighted by atomic mass is 10.3. The van der Waals surface area contributed by atoms with E-state index in [1.54, 1.807) is 13.8 Å². The lowest BCUT2D eigenvalue weighted by molar-refractivity contribution is -0.139. The van der Waals surface area contributed by atoms with Crippen molar-refractivity contribution >= 4 is 11.9 Å². The smallest absolute Gasteiger partial charge is 0.340 e. The standard InChI is InChI=1S/C11H13NO5/c1-4-16-9(14)7-6-8(13)10(12-3)11(15)17-5-2/h6-7,13H,4-5H2,1-2H3/b7-6+,10-8+. The molecule has 92 valence electrons. The van der Waals surface area contributed by atoms with Gasteiger partial charge in [-0.25, -0.2) is 9.64 Å². The van der Waals surface area contributed by atoms with Crippen molar-refractivity contribution in [1.82, 2.24) is 0 Å². The highest BCUT2D eigenvalue weighted by Crippen LogP contribution is 2.07. The van der Waals surface area contributed by atoms with Gasteiger partial charge in [0.25, 0.3) is 0 Å². The third-order valence-electron chi connectivity index (χ3n) is 1.49. The Morgan fingerprint density at radius 3 is 2.29 bits per heavy atom. The van der Waals surface area contributed by atoms with Crippen molar-refractivity contribution in [3.05, 3.63) is 35.0 Å². The molecule has 0 aromatic heterocycles. The van der Waals surface area contributed by atoms with Gasteiger partial charge in [-0.1, -0.05) is 0 Å². The van der Waals surface area contributed by atoms with Gasteiger partial charge in [-0.2, -0.15) is 0 Å². The van der Waals surface area contributed by atoms with E-state index in [0.717, 1.165) is 12.2 Å². The van der Waals surface area contributed by atoms with Gasteiger partial charge >= 0.3 is 17.6 Å². The van der Waals surface area contributed by atoms with Crippen molar-refractivity contribution in [1.29, 1.82) is 0 Å². The molecule has 0 bridgehead atoms. The first-order valence-electron chi connectivity index (χ1n) is 4.89. The number of hydrogen-bond acceptors (Lipinski definition) is 5. The zero-order chi connectivity index (χ0) is 13.3. The topological polar surface area (TPSA) is 77.2 Å². The molecule has 0 radical (unpaired) electrons. The van der Waals surface area contributed by atoms with Crippen LogP contribution >= 0.6 is 0 Å². The minimum Gasteiger partial charge on any atom is -0.519 e. The van der Waals surface area contributed by atoms with Gasteiger partial charge in [0.05, 0.1) is 19.8 Å². The Kier molecular flexibility index (Phi) is 6.86. The molecule has 0 aromatic rings. The first-order chi connectivity index (χ1) is 8.06. The van der Waals surface area contributed by atoms with Crippen molar-refractivity contribution in [2.24, 2.45) is 0 Å². The number of rotatable bonds is 5. The molecule has 0 fully saturated rings. The summed E-state index contributed by atoms with van der Waals surface area (Å²) >= 11 is 0. The predicted molar refractivity (Wildman–Crippen MR) is 58.7 cm³/mol. The Hall–Kier alpha value is -2.29. The number of allylic oxidation sites excluding steroid dienone is 1. The summed E-state index contributed by atoms with van der Waals surface area (Å²) in [4.78, 5) is 24.9. The first-order valence-corrected chi connectivity index (χ1v) is 4.89. The van der Waals surface area contributed by atoms with Crippen LogP contribution < -0.4 is 0 Å². The third-order valence-corrected chi connectivity index (χ3v) is 1.49. The van der Waals surface area contributed by atoms with Gasteiger partial charge in [0, 0.05) is 6.08 Å². The maximum Gasteiger partial charge on any atom is 0.340 e. The summed E-state index contributed by atoms with van der Waals surface area (Å²) in [5, 5.41) is 9.39. The summed E-state index contributed by atoms with van der Waals surface area (Å²) in [6, 6.07) is 0. The fourth-order valence-corrected chi connectivity index (χ4v) is 0.823. The number of carbonyl (C=O) groups is 2. The fraction of sp³-hybridized carbons (Fsp3) is 0.364. The number of nitrogens with zero attached hydrogens (tertiary/aromatic N) is 1. The molecule has 0 heterocycles. The van der Waals surface area contributed by atoms with Crippen molar-refractivity contribution in [3.63, 3.8) is 0 Å². The van der Waals surface area contributed by atoms with Gasteiger partial charge in [-0.15, -0.1) is 0 Å². The number of aliphatic hydroxyl groups is 1. The monoisotopic (exact) mass is 239 g/mol. The van der Waals surface area contributed by atoms with Gasteiger partial charge < -0.3 is 14.6 Å². The van der Waals surface area contributed by atoms with E-state index >= 15 is 0 Å². The maximum atomic E-state index is 11.2. The van der Waals surface area contributed by atoms with E-state index in [4.69, 9.17) is 6.57 Å². The number of carbonyl (C=O) groups excluding carboxylic acids is 2. The van der Waals surface area contributed by atoms with E-state index in [2.05, 4.69) is 14.3 Å². The normalized spacial score (nSPS) is 11.6. The van der Waals surface area contributed by atoms with Crippen LogP contribution in [0.25, 0.3) is 4.85 Å². The Morgan fingerprint density at radius 1 is 1.24 bits per heavy atom. The highest BCUT2D eigenvalue weighted by Gasteiger charge is 2.15. The van der Waals surface area contributed by atoms with Gasteiger partial charge in [-0.05, 0) is 19.9 Å². The maximum absolute atomic E-state index is 11.2. The summed E-state index contributed by atoms with van der Waals surface area (Å²) in [5.41, 5.74) is -0.576.